The molecule has 5 heteroatoms. The van der Waals surface area contributed by atoms with Crippen LogP contribution in [0.25, 0.3) is 16.9 Å². The third-order valence-electron chi connectivity index (χ3n) is 3.43. The second kappa shape index (κ2) is 5.69. The molecule has 1 unspecified atom stereocenters. The first-order chi connectivity index (χ1) is 10.2. The normalized spacial score (nSPS) is 12.5. The van der Waals surface area contributed by atoms with Gasteiger partial charge in [-0.3, -0.25) is 4.57 Å². The number of ether oxygens (including phenoxy) is 1. The summed E-state index contributed by atoms with van der Waals surface area (Å²) >= 11 is 5.42. The number of hydrogen-bond donors (Lipinski definition) is 1. The second-order valence-corrected chi connectivity index (χ2v) is 5.36. The van der Waals surface area contributed by atoms with Crippen LogP contribution in [-0.2, 0) is 0 Å². The third-order valence-corrected chi connectivity index (χ3v) is 3.72. The van der Waals surface area contributed by atoms with Gasteiger partial charge in [-0.1, -0.05) is 13.0 Å². The zero-order valence-electron chi connectivity index (χ0n) is 12.0. The van der Waals surface area contributed by atoms with Crippen molar-refractivity contribution in [1.29, 1.82) is 0 Å². The number of benzene rings is 1. The Morgan fingerprint density at radius 2 is 2.19 bits per heavy atom. The summed E-state index contributed by atoms with van der Waals surface area (Å²) in [4.78, 5) is 7.58. The standard InChI is InChI=1S/C16H17N3OS/c1-3-11(2)20-13-7-4-6-12(10-13)19-15-14(18-16(19)21)8-5-9-17-15/h4-11H,3H2,1-2H3,(H,18,21). The Morgan fingerprint density at radius 3 is 3.00 bits per heavy atom. The van der Waals surface area contributed by atoms with Gasteiger partial charge >= 0.3 is 0 Å². The largest absolute Gasteiger partial charge is 0.491 e. The van der Waals surface area contributed by atoms with Gasteiger partial charge in [0.15, 0.2) is 10.4 Å². The smallest absolute Gasteiger partial charge is 0.184 e. The van der Waals surface area contributed by atoms with E-state index in [0.29, 0.717) is 4.77 Å². The van der Waals surface area contributed by atoms with E-state index < -0.39 is 0 Å². The van der Waals surface area contributed by atoms with Crippen LogP contribution >= 0.6 is 12.2 Å². The molecule has 0 radical (unpaired) electrons. The monoisotopic (exact) mass is 299 g/mol. The Morgan fingerprint density at radius 1 is 1.33 bits per heavy atom. The SMILES string of the molecule is CCC(C)Oc1cccc(-n2c(=S)[nH]c3cccnc32)c1. The maximum atomic E-state index is 5.88. The first-order valence-electron chi connectivity index (χ1n) is 7.02. The Balaban J connectivity index is 2.09. The zero-order valence-corrected chi connectivity index (χ0v) is 12.9. The summed E-state index contributed by atoms with van der Waals surface area (Å²) in [6.07, 6.45) is 2.92. The van der Waals surface area contributed by atoms with Gasteiger partial charge in [0.05, 0.1) is 17.3 Å². The molecule has 1 atom stereocenters. The van der Waals surface area contributed by atoms with E-state index in [4.69, 9.17) is 17.0 Å². The lowest BCUT2D eigenvalue weighted by molar-refractivity contribution is 0.217. The average Bonchev–Trinajstić information content (AvgIpc) is 2.83. The van der Waals surface area contributed by atoms with Crippen LogP contribution in [0.15, 0.2) is 42.6 Å². The molecule has 21 heavy (non-hydrogen) atoms. The van der Waals surface area contributed by atoms with E-state index in [9.17, 15) is 0 Å². The number of nitrogens with one attached hydrogen (secondary N) is 1. The average molecular weight is 299 g/mol. The highest BCUT2D eigenvalue weighted by Crippen LogP contribution is 2.22. The summed E-state index contributed by atoms with van der Waals surface area (Å²) in [6.45, 7) is 4.17. The molecule has 3 aromatic rings. The number of aromatic nitrogens is 3. The predicted molar refractivity (Wildman–Crippen MR) is 86.6 cm³/mol. The minimum absolute atomic E-state index is 0.189. The number of pyridine rings is 1. The number of aromatic amines is 1. The zero-order chi connectivity index (χ0) is 14.8. The van der Waals surface area contributed by atoms with Crippen LogP contribution in [0, 0.1) is 4.77 Å². The van der Waals surface area contributed by atoms with E-state index in [0.717, 1.165) is 29.0 Å². The lowest BCUT2D eigenvalue weighted by Gasteiger charge is -2.13. The molecule has 108 valence electrons. The van der Waals surface area contributed by atoms with Crippen LogP contribution < -0.4 is 4.74 Å². The molecule has 0 amide bonds. The van der Waals surface area contributed by atoms with Crippen LogP contribution in [0.2, 0.25) is 0 Å². The van der Waals surface area contributed by atoms with Crippen molar-refractivity contribution in [3.8, 4) is 11.4 Å². The summed E-state index contributed by atoms with van der Waals surface area (Å²) in [5, 5.41) is 0. The maximum Gasteiger partial charge on any atom is 0.184 e. The molecule has 0 spiro atoms. The van der Waals surface area contributed by atoms with E-state index in [1.54, 1.807) is 6.20 Å². The first-order valence-corrected chi connectivity index (χ1v) is 7.42. The molecule has 0 fully saturated rings. The lowest BCUT2D eigenvalue weighted by Crippen LogP contribution is -2.09. The quantitative estimate of drug-likeness (QED) is 0.732. The van der Waals surface area contributed by atoms with E-state index in [1.807, 2.05) is 41.0 Å². The van der Waals surface area contributed by atoms with Gasteiger partial charge in [-0.05, 0) is 49.8 Å². The number of fused-ring (bicyclic) bond motifs is 1. The summed E-state index contributed by atoms with van der Waals surface area (Å²) in [7, 11) is 0. The van der Waals surface area contributed by atoms with Crippen molar-refractivity contribution in [2.24, 2.45) is 0 Å². The molecular weight excluding hydrogens is 282 g/mol. The fraction of sp³-hybridized carbons (Fsp3) is 0.250. The van der Waals surface area contributed by atoms with Gasteiger partial charge < -0.3 is 9.72 Å². The Labute approximate surface area is 128 Å². The lowest BCUT2D eigenvalue weighted by atomic mass is 10.2. The Bertz CT molecular complexity index is 822. The summed E-state index contributed by atoms with van der Waals surface area (Å²) in [5.74, 6) is 0.842. The Kier molecular flexibility index (Phi) is 3.75. The fourth-order valence-corrected chi connectivity index (χ4v) is 2.49. The maximum absolute atomic E-state index is 5.88. The number of nitrogens with zero attached hydrogens (tertiary/aromatic N) is 2. The van der Waals surface area contributed by atoms with Crippen molar-refractivity contribution in [3.63, 3.8) is 0 Å². The summed E-state index contributed by atoms with van der Waals surface area (Å²) in [6, 6.07) is 11.8. The molecule has 4 nitrogen and oxygen atoms in total. The molecular formula is C16H17N3OS. The van der Waals surface area contributed by atoms with Crippen molar-refractivity contribution < 1.29 is 4.74 Å². The molecule has 3 rings (SSSR count). The van der Waals surface area contributed by atoms with Crippen LogP contribution in [0.3, 0.4) is 0 Å². The van der Waals surface area contributed by atoms with Crippen LogP contribution in [0.4, 0.5) is 0 Å². The Hall–Kier alpha value is -2.14. The molecule has 0 aliphatic heterocycles. The van der Waals surface area contributed by atoms with E-state index in [1.165, 1.54) is 0 Å². The molecule has 1 N–H and O–H groups in total. The third kappa shape index (κ3) is 2.69. The fourth-order valence-electron chi connectivity index (χ4n) is 2.19. The molecule has 2 heterocycles. The number of rotatable bonds is 4. The van der Waals surface area contributed by atoms with Crippen molar-refractivity contribution >= 4 is 23.4 Å². The van der Waals surface area contributed by atoms with E-state index >= 15 is 0 Å². The van der Waals surface area contributed by atoms with Crippen molar-refractivity contribution in [1.82, 2.24) is 14.5 Å². The molecule has 2 aromatic heterocycles. The van der Waals surface area contributed by atoms with E-state index in [-0.39, 0.29) is 6.10 Å². The highest BCUT2D eigenvalue weighted by molar-refractivity contribution is 7.71. The minimum atomic E-state index is 0.189. The van der Waals surface area contributed by atoms with Crippen LogP contribution in [-0.4, -0.2) is 20.6 Å². The van der Waals surface area contributed by atoms with Gasteiger partial charge in [-0.25, -0.2) is 4.98 Å². The van der Waals surface area contributed by atoms with Crippen LogP contribution in [0.5, 0.6) is 5.75 Å². The molecule has 0 bridgehead atoms. The highest BCUT2D eigenvalue weighted by atomic mass is 32.1. The van der Waals surface area contributed by atoms with Crippen LogP contribution in [0.1, 0.15) is 20.3 Å². The van der Waals surface area contributed by atoms with Crippen molar-refractivity contribution in [2.45, 2.75) is 26.4 Å². The minimum Gasteiger partial charge on any atom is -0.491 e. The van der Waals surface area contributed by atoms with Gasteiger partial charge in [-0.15, -0.1) is 0 Å². The van der Waals surface area contributed by atoms with Gasteiger partial charge in [0.1, 0.15) is 5.75 Å². The van der Waals surface area contributed by atoms with Crippen molar-refractivity contribution in [3.05, 3.63) is 47.4 Å². The second-order valence-electron chi connectivity index (χ2n) is 4.97. The molecule has 0 aliphatic carbocycles. The number of hydrogen-bond acceptors (Lipinski definition) is 3. The summed E-state index contributed by atoms with van der Waals surface area (Å²) < 4.78 is 8.43. The van der Waals surface area contributed by atoms with Gasteiger partial charge in [0, 0.05) is 12.3 Å². The molecule has 1 aromatic carbocycles. The first kappa shape index (κ1) is 13.8. The number of H-pyrrole nitrogens is 1. The predicted octanol–water partition coefficient (Wildman–Crippen LogP) is 4.26. The van der Waals surface area contributed by atoms with Crippen molar-refractivity contribution in [2.75, 3.05) is 0 Å². The molecule has 0 saturated carbocycles. The molecule has 0 aliphatic rings. The topological polar surface area (TPSA) is 42.8 Å². The van der Waals surface area contributed by atoms with Gasteiger partial charge in [0.2, 0.25) is 0 Å². The number of imidazole rings is 1. The van der Waals surface area contributed by atoms with E-state index in [2.05, 4.69) is 23.8 Å². The highest BCUT2D eigenvalue weighted by Gasteiger charge is 2.09. The van der Waals surface area contributed by atoms with Gasteiger partial charge in [-0.2, -0.15) is 0 Å². The summed E-state index contributed by atoms with van der Waals surface area (Å²) in [5.41, 5.74) is 2.70. The molecule has 0 saturated heterocycles. The van der Waals surface area contributed by atoms with Gasteiger partial charge in [0.25, 0.3) is 0 Å².